The Kier molecular flexibility index (Phi) is 3.97. The van der Waals surface area contributed by atoms with Gasteiger partial charge in [0.05, 0.1) is 0 Å². The lowest BCUT2D eigenvalue weighted by atomic mass is 10.1. The summed E-state index contributed by atoms with van der Waals surface area (Å²) in [4.78, 5) is 11.3. The molecule has 3 N–H and O–H groups in total. The number of nitrogens with one attached hydrogen (secondary N) is 1. The highest BCUT2D eigenvalue weighted by molar-refractivity contribution is 5.67. The zero-order valence-electron chi connectivity index (χ0n) is 9.88. The van der Waals surface area contributed by atoms with E-state index in [9.17, 15) is 4.79 Å². The van der Waals surface area contributed by atoms with E-state index in [1.54, 1.807) is 0 Å². The van der Waals surface area contributed by atoms with Gasteiger partial charge in [-0.05, 0) is 39.5 Å². The monoisotopic (exact) mass is 214 g/mol. The normalized spacial score (nSPS) is 26.4. The molecule has 4 heteroatoms. The fourth-order valence-electron chi connectivity index (χ4n) is 1.85. The standard InChI is InChI=1S/C11H22N2O2/c1-11(2,3)15-10(14)13-7-8-5-4-6-9(8)12/h8-9H,4-7,12H2,1-3H3,(H,13,14)/t8-,9-/m1/s1. The summed E-state index contributed by atoms with van der Waals surface area (Å²) in [5, 5.41) is 2.77. The highest BCUT2D eigenvalue weighted by Gasteiger charge is 2.25. The van der Waals surface area contributed by atoms with Crippen LogP contribution in [0.2, 0.25) is 0 Å². The van der Waals surface area contributed by atoms with E-state index in [-0.39, 0.29) is 12.1 Å². The van der Waals surface area contributed by atoms with Gasteiger partial charge >= 0.3 is 6.09 Å². The Morgan fingerprint density at radius 3 is 2.60 bits per heavy atom. The van der Waals surface area contributed by atoms with Gasteiger partial charge in [-0.25, -0.2) is 4.79 Å². The molecule has 1 amide bonds. The van der Waals surface area contributed by atoms with Crippen molar-refractivity contribution in [2.24, 2.45) is 11.7 Å². The maximum Gasteiger partial charge on any atom is 0.407 e. The molecule has 1 rings (SSSR count). The van der Waals surface area contributed by atoms with E-state index in [4.69, 9.17) is 10.5 Å². The van der Waals surface area contributed by atoms with Crippen LogP contribution in [0, 0.1) is 5.92 Å². The van der Waals surface area contributed by atoms with Crippen LogP contribution < -0.4 is 11.1 Å². The van der Waals surface area contributed by atoms with Crippen molar-refractivity contribution in [3.05, 3.63) is 0 Å². The van der Waals surface area contributed by atoms with Crippen LogP contribution in [0.15, 0.2) is 0 Å². The van der Waals surface area contributed by atoms with Gasteiger partial charge in [0.25, 0.3) is 0 Å². The summed E-state index contributed by atoms with van der Waals surface area (Å²) in [5.41, 5.74) is 5.47. The van der Waals surface area contributed by atoms with Crippen molar-refractivity contribution in [2.45, 2.75) is 51.7 Å². The minimum absolute atomic E-state index is 0.236. The number of hydrogen-bond donors (Lipinski definition) is 2. The molecular formula is C11H22N2O2. The van der Waals surface area contributed by atoms with Gasteiger partial charge in [-0.1, -0.05) is 6.42 Å². The average Bonchev–Trinajstić information content (AvgIpc) is 2.44. The summed E-state index contributed by atoms with van der Waals surface area (Å²) in [7, 11) is 0. The van der Waals surface area contributed by atoms with E-state index in [1.807, 2.05) is 20.8 Å². The van der Waals surface area contributed by atoms with Gasteiger partial charge in [0.2, 0.25) is 0 Å². The number of carbonyl (C=O) groups is 1. The second kappa shape index (κ2) is 4.84. The van der Waals surface area contributed by atoms with E-state index in [2.05, 4.69) is 5.32 Å². The molecule has 15 heavy (non-hydrogen) atoms. The fraction of sp³-hybridized carbons (Fsp3) is 0.909. The third-order valence-corrected chi connectivity index (χ3v) is 2.63. The third-order valence-electron chi connectivity index (χ3n) is 2.63. The van der Waals surface area contributed by atoms with Crippen LogP contribution in [-0.2, 0) is 4.74 Å². The summed E-state index contributed by atoms with van der Waals surface area (Å²) < 4.78 is 5.14. The molecule has 0 radical (unpaired) electrons. The van der Waals surface area contributed by atoms with Crippen LogP contribution in [0.1, 0.15) is 40.0 Å². The van der Waals surface area contributed by atoms with Crippen molar-refractivity contribution in [3.8, 4) is 0 Å². The predicted octanol–water partition coefficient (Wildman–Crippen LogP) is 1.64. The van der Waals surface area contributed by atoms with Crippen molar-refractivity contribution >= 4 is 6.09 Å². The van der Waals surface area contributed by atoms with E-state index >= 15 is 0 Å². The lowest BCUT2D eigenvalue weighted by Crippen LogP contribution is -2.38. The van der Waals surface area contributed by atoms with Crippen molar-refractivity contribution in [1.82, 2.24) is 5.32 Å². The van der Waals surface area contributed by atoms with E-state index < -0.39 is 5.60 Å². The Morgan fingerprint density at radius 2 is 2.13 bits per heavy atom. The molecule has 2 atom stereocenters. The van der Waals surface area contributed by atoms with Crippen LogP contribution in [-0.4, -0.2) is 24.3 Å². The Hall–Kier alpha value is -0.770. The van der Waals surface area contributed by atoms with Crippen molar-refractivity contribution in [2.75, 3.05) is 6.54 Å². The quantitative estimate of drug-likeness (QED) is 0.734. The van der Waals surface area contributed by atoms with E-state index in [1.165, 1.54) is 6.42 Å². The van der Waals surface area contributed by atoms with Crippen LogP contribution in [0.3, 0.4) is 0 Å². The zero-order chi connectivity index (χ0) is 11.5. The van der Waals surface area contributed by atoms with Crippen LogP contribution >= 0.6 is 0 Å². The van der Waals surface area contributed by atoms with Crippen LogP contribution in [0.5, 0.6) is 0 Å². The summed E-state index contributed by atoms with van der Waals surface area (Å²) in [5.74, 6) is 0.414. The number of nitrogens with two attached hydrogens (primary N) is 1. The molecule has 4 nitrogen and oxygen atoms in total. The Morgan fingerprint density at radius 1 is 1.47 bits per heavy atom. The van der Waals surface area contributed by atoms with Gasteiger partial charge in [0.15, 0.2) is 0 Å². The summed E-state index contributed by atoms with van der Waals surface area (Å²) >= 11 is 0. The molecular weight excluding hydrogens is 192 g/mol. The van der Waals surface area contributed by atoms with Crippen molar-refractivity contribution in [1.29, 1.82) is 0 Å². The topological polar surface area (TPSA) is 64.3 Å². The Bertz CT molecular complexity index is 223. The molecule has 0 aromatic carbocycles. The number of alkyl carbamates (subject to hydrolysis) is 1. The Balaban J connectivity index is 2.22. The highest BCUT2D eigenvalue weighted by Crippen LogP contribution is 2.23. The predicted molar refractivity (Wildman–Crippen MR) is 59.6 cm³/mol. The largest absolute Gasteiger partial charge is 0.444 e. The molecule has 0 aliphatic heterocycles. The smallest absolute Gasteiger partial charge is 0.407 e. The molecule has 0 bridgehead atoms. The number of hydrogen-bond acceptors (Lipinski definition) is 3. The number of amides is 1. The average molecular weight is 214 g/mol. The minimum Gasteiger partial charge on any atom is -0.444 e. The second-order valence-corrected chi connectivity index (χ2v) is 5.24. The first kappa shape index (κ1) is 12.3. The summed E-state index contributed by atoms with van der Waals surface area (Å²) in [6, 6.07) is 0.236. The molecule has 1 saturated carbocycles. The van der Waals surface area contributed by atoms with Gasteiger partial charge < -0.3 is 15.8 Å². The lowest BCUT2D eigenvalue weighted by Gasteiger charge is -2.21. The summed E-state index contributed by atoms with van der Waals surface area (Å²) in [6.07, 6.45) is 3.00. The molecule has 0 heterocycles. The first-order valence-electron chi connectivity index (χ1n) is 5.61. The SMILES string of the molecule is CC(C)(C)OC(=O)NC[C@H]1CCC[C@H]1N. The number of ether oxygens (including phenoxy) is 1. The molecule has 0 unspecified atom stereocenters. The lowest BCUT2D eigenvalue weighted by molar-refractivity contribution is 0.0518. The molecule has 0 spiro atoms. The number of rotatable bonds is 2. The van der Waals surface area contributed by atoms with Crippen LogP contribution in [0.4, 0.5) is 4.79 Å². The first-order valence-corrected chi connectivity index (χ1v) is 5.61. The Labute approximate surface area is 91.5 Å². The zero-order valence-corrected chi connectivity index (χ0v) is 9.88. The molecule has 0 aromatic heterocycles. The highest BCUT2D eigenvalue weighted by atomic mass is 16.6. The molecule has 1 aliphatic rings. The molecule has 1 aliphatic carbocycles. The van der Waals surface area contributed by atoms with Crippen LogP contribution in [0.25, 0.3) is 0 Å². The van der Waals surface area contributed by atoms with Gasteiger partial charge in [0.1, 0.15) is 5.60 Å². The van der Waals surface area contributed by atoms with E-state index in [0.717, 1.165) is 12.8 Å². The second-order valence-electron chi connectivity index (χ2n) is 5.24. The number of carbonyl (C=O) groups excluding carboxylic acids is 1. The van der Waals surface area contributed by atoms with Gasteiger partial charge in [-0.2, -0.15) is 0 Å². The minimum atomic E-state index is -0.429. The first-order chi connectivity index (χ1) is 6.88. The van der Waals surface area contributed by atoms with Gasteiger partial charge in [-0.15, -0.1) is 0 Å². The van der Waals surface area contributed by atoms with Crippen molar-refractivity contribution in [3.63, 3.8) is 0 Å². The van der Waals surface area contributed by atoms with Crippen molar-refractivity contribution < 1.29 is 9.53 Å². The molecule has 88 valence electrons. The van der Waals surface area contributed by atoms with Gasteiger partial charge in [-0.3, -0.25) is 0 Å². The molecule has 1 fully saturated rings. The molecule has 0 saturated heterocycles. The van der Waals surface area contributed by atoms with Gasteiger partial charge in [0, 0.05) is 12.6 Å². The van der Waals surface area contributed by atoms with E-state index in [0.29, 0.717) is 12.5 Å². The molecule has 0 aromatic rings. The summed E-state index contributed by atoms with van der Waals surface area (Å²) in [6.45, 7) is 6.20. The fourth-order valence-corrected chi connectivity index (χ4v) is 1.85. The maximum absolute atomic E-state index is 11.3. The maximum atomic E-state index is 11.3. The third kappa shape index (κ3) is 4.51.